The van der Waals surface area contributed by atoms with Crippen molar-refractivity contribution in [3.8, 4) is 5.75 Å². The SMILES string of the molecule is OCCNc1nc2ccccc2n1C[C@@H](O)COc1cc(Cl)ccc1Cl. The van der Waals surface area contributed by atoms with Crippen molar-refractivity contribution in [3.63, 3.8) is 0 Å². The fourth-order valence-corrected chi connectivity index (χ4v) is 2.93. The van der Waals surface area contributed by atoms with E-state index in [4.69, 9.17) is 33.0 Å². The van der Waals surface area contributed by atoms with Gasteiger partial charge in [-0.15, -0.1) is 0 Å². The van der Waals surface area contributed by atoms with Crippen molar-refractivity contribution in [1.29, 1.82) is 0 Å². The molecule has 1 heterocycles. The number of rotatable bonds is 8. The quantitative estimate of drug-likeness (QED) is 0.545. The first-order chi connectivity index (χ1) is 12.6. The maximum atomic E-state index is 10.4. The highest BCUT2D eigenvalue weighted by molar-refractivity contribution is 6.34. The van der Waals surface area contributed by atoms with Crippen molar-refractivity contribution in [1.82, 2.24) is 9.55 Å². The zero-order chi connectivity index (χ0) is 18.5. The molecule has 0 aliphatic rings. The lowest BCUT2D eigenvalue weighted by Gasteiger charge is -2.16. The summed E-state index contributed by atoms with van der Waals surface area (Å²) in [6, 6.07) is 12.5. The average Bonchev–Trinajstić information content (AvgIpc) is 2.98. The van der Waals surface area contributed by atoms with Gasteiger partial charge in [0.25, 0.3) is 0 Å². The van der Waals surface area contributed by atoms with Crippen LogP contribution < -0.4 is 10.1 Å². The third kappa shape index (κ3) is 4.40. The van der Waals surface area contributed by atoms with Crippen LogP contribution in [0.5, 0.6) is 5.75 Å². The predicted molar refractivity (Wildman–Crippen MR) is 103 cm³/mol. The normalized spacial score (nSPS) is 12.3. The molecule has 0 saturated heterocycles. The molecule has 138 valence electrons. The first kappa shape index (κ1) is 18.8. The smallest absolute Gasteiger partial charge is 0.204 e. The Morgan fingerprint density at radius 3 is 2.81 bits per heavy atom. The molecule has 1 aromatic heterocycles. The van der Waals surface area contributed by atoms with Crippen LogP contribution in [0.3, 0.4) is 0 Å². The lowest BCUT2D eigenvalue weighted by atomic mass is 10.3. The van der Waals surface area contributed by atoms with E-state index in [1.165, 1.54) is 0 Å². The molecule has 0 spiro atoms. The molecule has 1 atom stereocenters. The van der Waals surface area contributed by atoms with Crippen LogP contribution in [-0.4, -0.2) is 45.6 Å². The second-order valence-corrected chi connectivity index (χ2v) is 6.57. The number of fused-ring (bicyclic) bond motifs is 1. The topological polar surface area (TPSA) is 79.5 Å². The molecule has 2 aromatic carbocycles. The molecular weight excluding hydrogens is 377 g/mol. The van der Waals surface area contributed by atoms with Crippen LogP contribution in [0.15, 0.2) is 42.5 Å². The maximum Gasteiger partial charge on any atom is 0.204 e. The van der Waals surface area contributed by atoms with Gasteiger partial charge < -0.3 is 24.8 Å². The third-order valence-electron chi connectivity index (χ3n) is 3.77. The van der Waals surface area contributed by atoms with Gasteiger partial charge in [-0.3, -0.25) is 0 Å². The number of hydrogen-bond donors (Lipinski definition) is 3. The zero-order valence-electron chi connectivity index (χ0n) is 13.9. The van der Waals surface area contributed by atoms with Gasteiger partial charge in [0.15, 0.2) is 0 Å². The number of halogens is 2. The Hall–Kier alpha value is -1.99. The summed E-state index contributed by atoms with van der Waals surface area (Å²) in [6.07, 6.45) is -0.794. The van der Waals surface area contributed by atoms with Crippen LogP contribution in [0.2, 0.25) is 10.0 Å². The van der Waals surface area contributed by atoms with Gasteiger partial charge in [0.2, 0.25) is 5.95 Å². The molecule has 0 aliphatic heterocycles. The number of imidazole rings is 1. The lowest BCUT2D eigenvalue weighted by molar-refractivity contribution is 0.0939. The lowest BCUT2D eigenvalue weighted by Crippen LogP contribution is -2.25. The number of aromatic nitrogens is 2. The Morgan fingerprint density at radius 2 is 2.00 bits per heavy atom. The number of aliphatic hydroxyl groups excluding tert-OH is 2. The van der Waals surface area contributed by atoms with Gasteiger partial charge in [-0.2, -0.15) is 0 Å². The molecule has 3 N–H and O–H groups in total. The van der Waals surface area contributed by atoms with E-state index >= 15 is 0 Å². The minimum absolute atomic E-state index is 0.0118. The molecule has 0 bridgehead atoms. The summed E-state index contributed by atoms with van der Waals surface area (Å²) in [5.41, 5.74) is 1.69. The molecular formula is C18H19Cl2N3O3. The number of aliphatic hydroxyl groups is 2. The summed E-state index contributed by atoms with van der Waals surface area (Å²) >= 11 is 12.0. The number of nitrogens with one attached hydrogen (secondary N) is 1. The minimum atomic E-state index is -0.794. The maximum absolute atomic E-state index is 10.4. The predicted octanol–water partition coefficient (Wildman–Crippen LogP) is 3.19. The van der Waals surface area contributed by atoms with E-state index in [0.29, 0.717) is 28.3 Å². The van der Waals surface area contributed by atoms with Crippen LogP contribution in [-0.2, 0) is 6.54 Å². The summed E-state index contributed by atoms with van der Waals surface area (Å²) in [5.74, 6) is 1.01. The first-order valence-electron chi connectivity index (χ1n) is 8.14. The number of para-hydroxylation sites is 2. The first-order valence-corrected chi connectivity index (χ1v) is 8.90. The molecule has 0 saturated carbocycles. The second kappa shape index (κ2) is 8.60. The molecule has 8 heteroatoms. The van der Waals surface area contributed by atoms with Crippen LogP contribution in [0, 0.1) is 0 Å². The Morgan fingerprint density at radius 1 is 1.19 bits per heavy atom. The highest BCUT2D eigenvalue weighted by Crippen LogP contribution is 2.28. The van der Waals surface area contributed by atoms with Gasteiger partial charge in [0.05, 0.1) is 29.2 Å². The van der Waals surface area contributed by atoms with Gasteiger partial charge >= 0.3 is 0 Å². The molecule has 3 rings (SSSR count). The van der Waals surface area contributed by atoms with Crippen LogP contribution in [0.25, 0.3) is 11.0 Å². The Labute approximate surface area is 160 Å². The van der Waals surface area contributed by atoms with Crippen LogP contribution >= 0.6 is 23.2 Å². The monoisotopic (exact) mass is 395 g/mol. The van der Waals surface area contributed by atoms with Crippen LogP contribution in [0.1, 0.15) is 0 Å². The second-order valence-electron chi connectivity index (χ2n) is 5.72. The molecule has 0 aliphatic carbocycles. The standard InChI is InChI=1S/C18H19Cl2N3O3/c19-12-5-6-14(20)17(9-12)26-11-13(25)10-23-16-4-2-1-3-15(16)22-18(23)21-7-8-24/h1-6,9,13,24-25H,7-8,10-11H2,(H,21,22)/t13-/m1/s1. The summed E-state index contributed by atoms with van der Waals surface area (Å²) in [6.45, 7) is 0.675. The van der Waals surface area contributed by atoms with E-state index in [1.807, 2.05) is 28.8 Å². The fraction of sp³-hybridized carbons (Fsp3) is 0.278. The van der Waals surface area contributed by atoms with Crippen molar-refractivity contribution in [3.05, 3.63) is 52.5 Å². The molecule has 0 fully saturated rings. The van der Waals surface area contributed by atoms with E-state index in [2.05, 4.69) is 10.3 Å². The van der Waals surface area contributed by atoms with Crippen LogP contribution in [0.4, 0.5) is 5.95 Å². The van der Waals surface area contributed by atoms with E-state index in [9.17, 15) is 5.11 Å². The number of anilines is 1. The van der Waals surface area contributed by atoms with Crippen molar-refractivity contribution in [2.45, 2.75) is 12.6 Å². The third-order valence-corrected chi connectivity index (χ3v) is 4.31. The Balaban J connectivity index is 1.73. The Bertz CT molecular complexity index is 885. The highest BCUT2D eigenvalue weighted by Gasteiger charge is 2.15. The molecule has 26 heavy (non-hydrogen) atoms. The van der Waals surface area contributed by atoms with Gasteiger partial charge in [0, 0.05) is 17.6 Å². The Kier molecular flexibility index (Phi) is 6.21. The molecule has 6 nitrogen and oxygen atoms in total. The van der Waals surface area contributed by atoms with Gasteiger partial charge in [-0.1, -0.05) is 35.3 Å². The largest absolute Gasteiger partial charge is 0.489 e. The number of benzene rings is 2. The minimum Gasteiger partial charge on any atom is -0.489 e. The number of ether oxygens (including phenoxy) is 1. The van der Waals surface area contributed by atoms with Gasteiger partial charge in [-0.25, -0.2) is 4.98 Å². The van der Waals surface area contributed by atoms with Crippen molar-refractivity contribution in [2.24, 2.45) is 0 Å². The fourth-order valence-electron chi connectivity index (χ4n) is 2.60. The number of nitrogens with zero attached hydrogens (tertiary/aromatic N) is 2. The number of hydrogen-bond acceptors (Lipinski definition) is 5. The zero-order valence-corrected chi connectivity index (χ0v) is 15.4. The molecule has 0 radical (unpaired) electrons. The highest BCUT2D eigenvalue weighted by atomic mass is 35.5. The van der Waals surface area contributed by atoms with E-state index in [0.717, 1.165) is 11.0 Å². The van der Waals surface area contributed by atoms with Crippen molar-refractivity contribution >= 4 is 40.2 Å². The summed E-state index contributed by atoms with van der Waals surface area (Å²) < 4.78 is 7.46. The average molecular weight is 396 g/mol. The summed E-state index contributed by atoms with van der Waals surface area (Å²) in [5, 5.41) is 23.5. The van der Waals surface area contributed by atoms with Crippen molar-refractivity contribution in [2.75, 3.05) is 25.1 Å². The molecule has 3 aromatic rings. The summed E-state index contributed by atoms with van der Waals surface area (Å²) in [4.78, 5) is 4.50. The van der Waals surface area contributed by atoms with E-state index in [-0.39, 0.29) is 19.8 Å². The van der Waals surface area contributed by atoms with Gasteiger partial charge in [0.1, 0.15) is 18.5 Å². The summed E-state index contributed by atoms with van der Waals surface area (Å²) in [7, 11) is 0. The van der Waals surface area contributed by atoms with Gasteiger partial charge in [-0.05, 0) is 24.3 Å². The molecule has 0 unspecified atom stereocenters. The van der Waals surface area contributed by atoms with Crippen molar-refractivity contribution < 1.29 is 14.9 Å². The van der Waals surface area contributed by atoms with E-state index in [1.54, 1.807) is 18.2 Å². The van der Waals surface area contributed by atoms with E-state index < -0.39 is 6.10 Å². The molecule has 0 amide bonds.